The summed E-state index contributed by atoms with van der Waals surface area (Å²) in [7, 11) is 1.83. The van der Waals surface area contributed by atoms with E-state index in [0.717, 1.165) is 50.3 Å². The van der Waals surface area contributed by atoms with Crippen molar-refractivity contribution in [3.63, 3.8) is 0 Å². The van der Waals surface area contributed by atoms with E-state index in [9.17, 15) is 5.11 Å². The number of nitrogens with one attached hydrogen (secondary N) is 2. The second-order valence-electron chi connectivity index (χ2n) is 7.39. The smallest absolute Gasteiger partial charge is 0.191 e. The van der Waals surface area contributed by atoms with Gasteiger partial charge in [0, 0.05) is 31.9 Å². The maximum atomic E-state index is 10.7. The summed E-state index contributed by atoms with van der Waals surface area (Å²) < 4.78 is 7.38. The molecule has 0 fully saturated rings. The van der Waals surface area contributed by atoms with Crippen molar-refractivity contribution in [1.29, 1.82) is 0 Å². The summed E-state index contributed by atoms with van der Waals surface area (Å²) in [5, 5.41) is 21.4. The first kappa shape index (κ1) is 26.2. The molecule has 0 aliphatic carbocycles. The van der Waals surface area contributed by atoms with Crippen LogP contribution in [0.25, 0.3) is 0 Å². The van der Waals surface area contributed by atoms with Crippen LogP contribution in [0.1, 0.15) is 44.7 Å². The van der Waals surface area contributed by atoms with Crippen LogP contribution in [0.4, 0.5) is 0 Å². The summed E-state index contributed by atoms with van der Waals surface area (Å²) in [5.74, 6) is 1.61. The number of hydrogen-bond acceptors (Lipinski definition) is 4. The number of benzene rings is 1. The summed E-state index contributed by atoms with van der Waals surface area (Å²) in [6, 6.07) is 8.24. The van der Waals surface area contributed by atoms with Crippen LogP contribution < -0.4 is 15.4 Å². The molecule has 7 nitrogen and oxygen atoms in total. The highest BCUT2D eigenvalue weighted by molar-refractivity contribution is 14.0. The maximum Gasteiger partial charge on any atom is 0.191 e. The Hall–Kier alpha value is -1.81. The second-order valence-corrected chi connectivity index (χ2v) is 7.39. The predicted molar refractivity (Wildman–Crippen MR) is 133 cm³/mol. The molecule has 2 aromatic rings. The van der Waals surface area contributed by atoms with Crippen LogP contribution in [-0.4, -0.2) is 47.1 Å². The number of guanidine groups is 1. The third-order valence-electron chi connectivity index (χ3n) is 4.61. The van der Waals surface area contributed by atoms with Crippen molar-refractivity contribution in [1.82, 2.24) is 20.4 Å². The lowest BCUT2D eigenvalue weighted by Gasteiger charge is -2.20. The largest absolute Gasteiger partial charge is 0.494 e. The van der Waals surface area contributed by atoms with Gasteiger partial charge in [-0.1, -0.05) is 25.5 Å². The Morgan fingerprint density at radius 1 is 1.23 bits per heavy atom. The molecule has 0 aliphatic rings. The molecule has 0 amide bonds. The highest BCUT2D eigenvalue weighted by Gasteiger charge is 2.24. The number of hydrogen-bond donors (Lipinski definition) is 3. The standard InChI is InChI=1S/C22H35N5O2.HI/c1-5-7-14-29-20-10-8-18(9-11-20)12-13-24-21(23-6-2)25-17-22(3,28)19-15-26-27(4)16-19;/h8-11,15-16,28H,5-7,12-14,17H2,1-4H3,(H2,23,24,25);1H. The Morgan fingerprint density at radius 3 is 2.57 bits per heavy atom. The van der Waals surface area contributed by atoms with Gasteiger partial charge in [0.1, 0.15) is 11.4 Å². The van der Waals surface area contributed by atoms with Crippen molar-refractivity contribution in [2.75, 3.05) is 26.2 Å². The lowest BCUT2D eigenvalue weighted by Crippen LogP contribution is -2.39. The Labute approximate surface area is 197 Å². The average Bonchev–Trinajstić information content (AvgIpc) is 3.15. The van der Waals surface area contributed by atoms with E-state index in [1.807, 2.05) is 32.3 Å². The molecule has 1 unspecified atom stereocenters. The zero-order valence-electron chi connectivity index (χ0n) is 18.5. The Kier molecular flexibility index (Phi) is 11.8. The van der Waals surface area contributed by atoms with Gasteiger partial charge in [0.2, 0.25) is 0 Å². The zero-order valence-corrected chi connectivity index (χ0v) is 20.8. The number of aryl methyl sites for hydroxylation is 1. The number of aliphatic hydroxyl groups is 1. The minimum atomic E-state index is -1.07. The molecule has 1 heterocycles. The van der Waals surface area contributed by atoms with Gasteiger partial charge >= 0.3 is 0 Å². The van der Waals surface area contributed by atoms with Gasteiger partial charge in [0.15, 0.2) is 5.96 Å². The van der Waals surface area contributed by atoms with Crippen LogP contribution in [0.2, 0.25) is 0 Å². The van der Waals surface area contributed by atoms with Crippen LogP contribution in [-0.2, 0) is 19.1 Å². The highest BCUT2D eigenvalue weighted by atomic mass is 127. The van der Waals surface area contributed by atoms with Gasteiger partial charge in [-0.15, -0.1) is 24.0 Å². The van der Waals surface area contributed by atoms with E-state index in [0.29, 0.717) is 5.96 Å². The van der Waals surface area contributed by atoms with Gasteiger partial charge in [0.25, 0.3) is 0 Å². The molecular weight excluding hydrogens is 493 g/mol. The zero-order chi connectivity index (χ0) is 21.1. The Morgan fingerprint density at radius 2 is 1.97 bits per heavy atom. The number of nitrogens with zero attached hydrogens (tertiary/aromatic N) is 3. The van der Waals surface area contributed by atoms with Crippen LogP contribution >= 0.6 is 24.0 Å². The van der Waals surface area contributed by atoms with E-state index in [1.165, 1.54) is 5.56 Å². The van der Waals surface area contributed by atoms with E-state index in [1.54, 1.807) is 17.8 Å². The molecule has 3 N–H and O–H groups in total. The van der Waals surface area contributed by atoms with Gasteiger partial charge < -0.3 is 20.5 Å². The second kappa shape index (κ2) is 13.5. The molecule has 0 bridgehead atoms. The highest BCUT2D eigenvalue weighted by Crippen LogP contribution is 2.19. The van der Waals surface area contributed by atoms with E-state index >= 15 is 0 Å². The third kappa shape index (κ3) is 8.91. The van der Waals surface area contributed by atoms with Gasteiger partial charge in [-0.2, -0.15) is 5.10 Å². The van der Waals surface area contributed by atoms with Crippen LogP contribution in [0.15, 0.2) is 41.7 Å². The number of aliphatic imine (C=N–C) groups is 1. The predicted octanol–water partition coefficient (Wildman–Crippen LogP) is 3.22. The van der Waals surface area contributed by atoms with Gasteiger partial charge in [-0.25, -0.2) is 4.99 Å². The average molecular weight is 529 g/mol. The molecule has 1 aromatic carbocycles. The van der Waals surface area contributed by atoms with Crippen molar-refractivity contribution in [3.8, 4) is 5.75 Å². The molecule has 0 aliphatic heterocycles. The molecule has 30 heavy (non-hydrogen) atoms. The topological polar surface area (TPSA) is 83.7 Å². The molecule has 0 spiro atoms. The summed E-state index contributed by atoms with van der Waals surface area (Å²) in [5.41, 5.74) is 0.920. The maximum absolute atomic E-state index is 10.7. The quantitative estimate of drug-likeness (QED) is 0.180. The van der Waals surface area contributed by atoms with Crippen molar-refractivity contribution >= 4 is 29.9 Å². The van der Waals surface area contributed by atoms with Crippen LogP contribution in [0.5, 0.6) is 5.75 Å². The number of rotatable bonds is 11. The Balaban J connectivity index is 0.00000450. The lowest BCUT2D eigenvalue weighted by atomic mass is 10.0. The normalized spacial score (nSPS) is 13.3. The SMILES string of the molecule is CCCCOc1ccc(CCNC(=NCC(C)(O)c2cnn(C)c2)NCC)cc1.I. The molecule has 168 valence electrons. The molecule has 0 saturated carbocycles. The molecule has 0 radical (unpaired) electrons. The molecule has 1 aromatic heterocycles. The minimum Gasteiger partial charge on any atom is -0.494 e. The molecular formula is C22H36IN5O2. The van der Waals surface area contributed by atoms with Crippen LogP contribution in [0.3, 0.4) is 0 Å². The summed E-state index contributed by atoms with van der Waals surface area (Å²) in [6.45, 7) is 8.45. The van der Waals surface area contributed by atoms with Gasteiger partial charge in [-0.3, -0.25) is 4.68 Å². The molecule has 8 heteroatoms. The first-order valence-electron chi connectivity index (χ1n) is 10.4. The van der Waals surface area contributed by atoms with E-state index in [-0.39, 0.29) is 30.5 Å². The molecule has 1 atom stereocenters. The van der Waals surface area contributed by atoms with E-state index in [2.05, 4.69) is 39.8 Å². The number of ether oxygens (including phenoxy) is 1. The first-order valence-corrected chi connectivity index (χ1v) is 10.4. The fourth-order valence-electron chi connectivity index (χ4n) is 2.78. The fourth-order valence-corrected chi connectivity index (χ4v) is 2.78. The van der Waals surface area contributed by atoms with Crippen molar-refractivity contribution in [3.05, 3.63) is 47.8 Å². The van der Waals surface area contributed by atoms with Crippen molar-refractivity contribution < 1.29 is 9.84 Å². The van der Waals surface area contributed by atoms with Crippen LogP contribution in [0, 0.1) is 0 Å². The third-order valence-corrected chi connectivity index (χ3v) is 4.61. The monoisotopic (exact) mass is 529 g/mol. The Bertz CT molecular complexity index is 759. The molecule has 2 rings (SSSR count). The summed E-state index contributed by atoms with van der Waals surface area (Å²) in [4.78, 5) is 4.55. The number of halogens is 1. The lowest BCUT2D eigenvalue weighted by molar-refractivity contribution is 0.0672. The van der Waals surface area contributed by atoms with Gasteiger partial charge in [-0.05, 0) is 44.4 Å². The van der Waals surface area contributed by atoms with E-state index < -0.39 is 5.60 Å². The number of unbranched alkanes of at least 4 members (excludes halogenated alkanes) is 1. The van der Waals surface area contributed by atoms with E-state index in [4.69, 9.17) is 4.74 Å². The fraction of sp³-hybridized carbons (Fsp3) is 0.545. The van der Waals surface area contributed by atoms with Crippen molar-refractivity contribution in [2.24, 2.45) is 12.0 Å². The summed E-state index contributed by atoms with van der Waals surface area (Å²) >= 11 is 0. The summed E-state index contributed by atoms with van der Waals surface area (Å²) in [6.07, 6.45) is 6.57. The van der Waals surface area contributed by atoms with Crippen molar-refractivity contribution in [2.45, 2.75) is 45.6 Å². The van der Waals surface area contributed by atoms with Gasteiger partial charge in [0.05, 0.1) is 19.3 Å². The number of aromatic nitrogens is 2. The first-order chi connectivity index (χ1) is 13.9. The minimum absolute atomic E-state index is 0. The molecule has 0 saturated heterocycles.